The molecule has 8 nitrogen and oxygen atoms in total. The monoisotopic (exact) mass is 659 g/mol. The lowest BCUT2D eigenvalue weighted by molar-refractivity contribution is -0.143. The Labute approximate surface area is 254 Å². The number of carbonyl (C=O) groups is 2. The van der Waals surface area contributed by atoms with Crippen molar-refractivity contribution < 1.29 is 53.8 Å². The summed E-state index contributed by atoms with van der Waals surface area (Å²) >= 11 is 0. The van der Waals surface area contributed by atoms with E-state index in [9.17, 15) is 49.1 Å². The van der Waals surface area contributed by atoms with Crippen LogP contribution < -0.4 is 10.6 Å². The Morgan fingerprint density at radius 1 is 0.717 bits per heavy atom. The molecule has 0 spiro atoms. The largest absolute Gasteiger partial charge is 0.416 e. The summed E-state index contributed by atoms with van der Waals surface area (Å²) in [5.41, 5.74) is -3.11. The van der Waals surface area contributed by atoms with Crippen molar-refractivity contribution in [3.05, 3.63) is 112 Å². The topological polar surface area (TPSA) is 98.1 Å². The van der Waals surface area contributed by atoms with E-state index in [1.807, 2.05) is 0 Å². The Hall–Kier alpha value is -4.93. The average molecular weight is 660 g/mol. The number of rotatable bonds is 10. The molecule has 1 aromatic heterocycles. The van der Waals surface area contributed by atoms with E-state index in [2.05, 4.69) is 15.6 Å². The summed E-state index contributed by atoms with van der Waals surface area (Å²) in [7, 11) is 0. The van der Waals surface area contributed by atoms with Crippen molar-refractivity contribution in [2.45, 2.75) is 38.3 Å². The van der Waals surface area contributed by atoms with Gasteiger partial charge in [0.15, 0.2) is 5.69 Å². The van der Waals surface area contributed by atoms with Gasteiger partial charge in [0.05, 0.1) is 30.0 Å². The van der Waals surface area contributed by atoms with Crippen LogP contribution in [0.3, 0.4) is 0 Å². The maximum atomic E-state index is 13.3. The zero-order chi connectivity index (χ0) is 33.7. The van der Waals surface area contributed by atoms with Crippen molar-refractivity contribution in [1.29, 1.82) is 0 Å². The van der Waals surface area contributed by atoms with Gasteiger partial charge in [-0.25, -0.2) is 4.68 Å². The summed E-state index contributed by atoms with van der Waals surface area (Å²) in [5, 5.41) is 11.7. The van der Waals surface area contributed by atoms with Crippen molar-refractivity contribution in [3.63, 3.8) is 0 Å². The zero-order valence-electron chi connectivity index (χ0n) is 23.2. The molecule has 1 heterocycles. The first-order valence-corrected chi connectivity index (χ1v) is 13.1. The van der Waals surface area contributed by atoms with E-state index in [0.717, 1.165) is 10.2 Å². The normalized spacial score (nSPS) is 12.2. The van der Waals surface area contributed by atoms with Crippen LogP contribution in [0.15, 0.2) is 72.8 Å². The Kier molecular flexibility index (Phi) is 10.0. The van der Waals surface area contributed by atoms with Crippen LogP contribution in [0.2, 0.25) is 0 Å². The Morgan fingerprint density at radius 2 is 1.33 bits per heavy atom. The summed E-state index contributed by atoms with van der Waals surface area (Å²) in [6.07, 6.45) is -14.8. The third-order valence-electron chi connectivity index (χ3n) is 6.25. The Morgan fingerprint density at radius 3 is 1.89 bits per heavy atom. The molecule has 0 unspecified atom stereocenters. The number of carbonyl (C=O) groups excluding carboxylic acids is 2. The second kappa shape index (κ2) is 13.6. The number of hydrogen-bond donors (Lipinski definition) is 2. The molecule has 0 aliphatic heterocycles. The first kappa shape index (κ1) is 34.0. The van der Waals surface area contributed by atoms with Crippen LogP contribution in [0.25, 0.3) is 5.69 Å². The van der Waals surface area contributed by atoms with Crippen LogP contribution >= 0.6 is 0 Å². The number of ether oxygens (including phenoxy) is 1. The van der Waals surface area contributed by atoms with Crippen molar-refractivity contribution in [2.75, 3.05) is 6.54 Å². The van der Waals surface area contributed by atoms with Crippen LogP contribution in [0.1, 0.15) is 48.8 Å². The molecule has 4 aromatic rings. The molecule has 46 heavy (non-hydrogen) atoms. The number of aromatic nitrogens is 3. The second-order valence-corrected chi connectivity index (χ2v) is 9.72. The van der Waals surface area contributed by atoms with E-state index in [0.29, 0.717) is 12.1 Å². The van der Waals surface area contributed by atoms with E-state index in [4.69, 9.17) is 4.74 Å². The van der Waals surface area contributed by atoms with Gasteiger partial charge in [-0.2, -0.15) is 39.5 Å². The molecule has 0 radical (unpaired) electrons. The molecule has 3 aromatic carbocycles. The fraction of sp³-hybridized carbons (Fsp3) is 0.241. The summed E-state index contributed by atoms with van der Waals surface area (Å²) in [4.78, 5) is 25.2. The van der Waals surface area contributed by atoms with Gasteiger partial charge in [0.25, 0.3) is 11.8 Å². The van der Waals surface area contributed by atoms with Gasteiger partial charge in [0, 0.05) is 12.1 Å². The summed E-state index contributed by atoms with van der Waals surface area (Å²) in [6, 6.07) is 14.7. The fourth-order valence-electron chi connectivity index (χ4n) is 4.08. The molecule has 0 aliphatic carbocycles. The first-order valence-electron chi connectivity index (χ1n) is 13.1. The van der Waals surface area contributed by atoms with Crippen LogP contribution in [0.4, 0.5) is 39.5 Å². The van der Waals surface area contributed by atoms with Gasteiger partial charge < -0.3 is 15.4 Å². The molecule has 0 atom stereocenters. The molecule has 0 bridgehead atoms. The molecule has 4 rings (SSSR count). The van der Waals surface area contributed by atoms with Crippen molar-refractivity contribution >= 4 is 11.8 Å². The third kappa shape index (κ3) is 9.06. The van der Waals surface area contributed by atoms with Gasteiger partial charge in [-0.1, -0.05) is 35.5 Å². The van der Waals surface area contributed by atoms with Crippen molar-refractivity contribution in [1.82, 2.24) is 25.6 Å². The predicted octanol–water partition coefficient (Wildman–Crippen LogP) is 6.24. The standard InChI is InChI=1S/C29H22F9N5O3/c30-27(31,32)16-40-25(44)19-6-8-22(9-7-19)43-23(15-46-14-17-4-2-1-3-5-17)24(41-42-43)26(45)39-13-18-10-20(28(33,34)35)12-21(11-18)29(36,37)38/h1-12H,13-16H2,(H,39,45)(H,40,44). The van der Waals surface area contributed by atoms with Crippen molar-refractivity contribution in [3.8, 4) is 5.69 Å². The number of hydrogen-bond acceptors (Lipinski definition) is 5. The minimum atomic E-state index is -5.08. The van der Waals surface area contributed by atoms with Gasteiger partial charge in [0.2, 0.25) is 0 Å². The number of nitrogens with zero attached hydrogens (tertiary/aromatic N) is 3. The van der Waals surface area contributed by atoms with E-state index in [1.54, 1.807) is 35.6 Å². The van der Waals surface area contributed by atoms with Crippen molar-refractivity contribution in [2.24, 2.45) is 0 Å². The lowest BCUT2D eigenvalue weighted by Crippen LogP contribution is -2.33. The second-order valence-electron chi connectivity index (χ2n) is 9.72. The summed E-state index contributed by atoms with van der Waals surface area (Å²) in [6.45, 7) is -2.52. The number of benzene rings is 3. The van der Waals surface area contributed by atoms with Gasteiger partial charge >= 0.3 is 18.5 Å². The highest BCUT2D eigenvalue weighted by Gasteiger charge is 2.37. The molecule has 17 heteroatoms. The highest BCUT2D eigenvalue weighted by molar-refractivity contribution is 5.94. The van der Waals surface area contributed by atoms with Gasteiger partial charge in [-0.15, -0.1) is 5.10 Å². The maximum absolute atomic E-state index is 13.3. The number of alkyl halides is 9. The number of nitrogens with one attached hydrogen (secondary N) is 2. The maximum Gasteiger partial charge on any atom is 0.416 e. The highest BCUT2D eigenvalue weighted by atomic mass is 19.4. The highest BCUT2D eigenvalue weighted by Crippen LogP contribution is 2.36. The molecule has 0 saturated heterocycles. The van der Waals surface area contributed by atoms with Gasteiger partial charge in [-0.3, -0.25) is 9.59 Å². The molecular weight excluding hydrogens is 637 g/mol. The Balaban J connectivity index is 1.58. The smallest absolute Gasteiger partial charge is 0.370 e. The number of halogens is 9. The SMILES string of the molecule is O=C(NCC(F)(F)F)c1ccc(-n2nnc(C(=O)NCc3cc(C(F)(F)F)cc(C(F)(F)F)c3)c2COCc2ccccc2)cc1. The molecule has 2 N–H and O–H groups in total. The molecule has 0 fully saturated rings. The molecule has 244 valence electrons. The predicted molar refractivity (Wildman–Crippen MR) is 142 cm³/mol. The lowest BCUT2D eigenvalue weighted by atomic mass is 10.0. The quantitative estimate of drug-likeness (QED) is 0.197. The fourth-order valence-corrected chi connectivity index (χ4v) is 4.08. The van der Waals surface area contributed by atoms with Gasteiger partial charge in [0.1, 0.15) is 12.2 Å². The van der Waals surface area contributed by atoms with E-state index < -0.39 is 60.1 Å². The van der Waals surface area contributed by atoms with Crippen LogP contribution in [0, 0.1) is 0 Å². The summed E-state index contributed by atoms with van der Waals surface area (Å²) < 4.78 is 124. The first-order chi connectivity index (χ1) is 21.5. The van der Waals surface area contributed by atoms with Crippen LogP contribution in [0.5, 0.6) is 0 Å². The Bertz CT molecular complexity index is 1630. The third-order valence-corrected chi connectivity index (χ3v) is 6.25. The molecular formula is C29H22F9N5O3. The average Bonchev–Trinajstić information content (AvgIpc) is 3.42. The van der Waals surface area contributed by atoms with Crippen LogP contribution in [-0.4, -0.2) is 39.5 Å². The number of amides is 2. The minimum Gasteiger partial charge on any atom is -0.370 e. The van der Waals surface area contributed by atoms with E-state index >= 15 is 0 Å². The van der Waals surface area contributed by atoms with E-state index in [-0.39, 0.29) is 41.9 Å². The minimum absolute atomic E-state index is 0.0164. The summed E-state index contributed by atoms with van der Waals surface area (Å²) in [5.74, 6) is -2.00. The molecule has 0 aliphatic rings. The van der Waals surface area contributed by atoms with Gasteiger partial charge in [-0.05, 0) is 53.6 Å². The zero-order valence-corrected chi connectivity index (χ0v) is 23.2. The van der Waals surface area contributed by atoms with E-state index in [1.165, 1.54) is 24.3 Å². The van der Waals surface area contributed by atoms with Crippen LogP contribution in [-0.2, 0) is 36.8 Å². The molecule has 2 amide bonds. The molecule has 0 saturated carbocycles. The lowest BCUT2D eigenvalue weighted by Gasteiger charge is -2.14.